The fraction of sp³-hybridized carbons (Fsp3) is 0.273. The Morgan fingerprint density at radius 3 is 2.34 bits per heavy atom. The van der Waals surface area contributed by atoms with Crippen molar-refractivity contribution in [2.45, 2.75) is 24.8 Å². The SMILES string of the molecule is CCOC(=O)C1=C(c2ccc(OC)cc2)NC(=O)NC1c1ccc(SCC)cc1. The zero-order valence-corrected chi connectivity index (χ0v) is 17.5. The Hall–Kier alpha value is -2.93. The fourth-order valence-electron chi connectivity index (χ4n) is 3.15. The number of carbonyl (C=O) groups is 2. The molecule has 0 saturated carbocycles. The normalized spacial score (nSPS) is 16.1. The molecule has 0 fully saturated rings. The number of carbonyl (C=O) groups excluding carboxylic acids is 2. The zero-order chi connectivity index (χ0) is 20.8. The molecule has 2 amide bonds. The Morgan fingerprint density at radius 2 is 1.76 bits per heavy atom. The van der Waals surface area contributed by atoms with Crippen molar-refractivity contribution in [3.8, 4) is 5.75 Å². The first-order valence-electron chi connectivity index (χ1n) is 9.43. The number of methoxy groups -OCH3 is 1. The summed E-state index contributed by atoms with van der Waals surface area (Å²) < 4.78 is 10.5. The highest BCUT2D eigenvalue weighted by atomic mass is 32.2. The molecule has 0 aromatic heterocycles. The molecular formula is C22H24N2O4S. The van der Waals surface area contributed by atoms with Gasteiger partial charge in [0, 0.05) is 4.90 Å². The van der Waals surface area contributed by atoms with Gasteiger partial charge in [-0.1, -0.05) is 19.1 Å². The van der Waals surface area contributed by atoms with Gasteiger partial charge in [0.15, 0.2) is 0 Å². The summed E-state index contributed by atoms with van der Waals surface area (Å²) in [6, 6.07) is 14.0. The lowest BCUT2D eigenvalue weighted by molar-refractivity contribution is -0.138. The van der Waals surface area contributed by atoms with Crippen molar-refractivity contribution in [1.82, 2.24) is 10.6 Å². The van der Waals surface area contributed by atoms with Crippen LogP contribution in [-0.4, -0.2) is 31.5 Å². The molecule has 1 heterocycles. The molecule has 2 N–H and O–H groups in total. The molecule has 7 heteroatoms. The average molecular weight is 413 g/mol. The van der Waals surface area contributed by atoms with E-state index in [1.165, 1.54) is 0 Å². The van der Waals surface area contributed by atoms with E-state index in [4.69, 9.17) is 9.47 Å². The summed E-state index contributed by atoms with van der Waals surface area (Å²) in [5, 5.41) is 5.63. The Labute approximate surface area is 174 Å². The Kier molecular flexibility index (Phi) is 6.82. The first-order chi connectivity index (χ1) is 14.1. The van der Waals surface area contributed by atoms with Crippen LogP contribution in [0, 0.1) is 0 Å². The number of amides is 2. The predicted molar refractivity (Wildman–Crippen MR) is 114 cm³/mol. The number of hydrogen-bond acceptors (Lipinski definition) is 5. The number of thioether (sulfide) groups is 1. The van der Waals surface area contributed by atoms with Crippen molar-refractivity contribution in [3.05, 3.63) is 65.2 Å². The van der Waals surface area contributed by atoms with Gasteiger partial charge in [-0.2, -0.15) is 0 Å². The Morgan fingerprint density at radius 1 is 1.07 bits per heavy atom. The maximum absolute atomic E-state index is 12.9. The standard InChI is InChI=1S/C22H24N2O4S/c1-4-28-21(25)18-19(14-6-10-16(27-3)11-7-14)23-22(26)24-20(18)15-8-12-17(13-9-15)29-5-2/h6-13,20H,4-5H2,1-3H3,(H2,23,24,26). The lowest BCUT2D eigenvalue weighted by Gasteiger charge is -2.29. The Bertz CT molecular complexity index is 907. The minimum Gasteiger partial charge on any atom is -0.497 e. The van der Waals surface area contributed by atoms with Crippen LogP contribution in [0.4, 0.5) is 4.79 Å². The number of esters is 1. The molecule has 1 aliphatic heterocycles. The third kappa shape index (κ3) is 4.74. The van der Waals surface area contributed by atoms with Gasteiger partial charge in [0.1, 0.15) is 5.75 Å². The monoisotopic (exact) mass is 412 g/mol. The summed E-state index contributed by atoms with van der Waals surface area (Å²) >= 11 is 1.73. The van der Waals surface area contributed by atoms with Gasteiger partial charge in [-0.25, -0.2) is 9.59 Å². The number of urea groups is 1. The first-order valence-corrected chi connectivity index (χ1v) is 10.4. The molecule has 2 aromatic rings. The van der Waals surface area contributed by atoms with E-state index in [9.17, 15) is 9.59 Å². The molecule has 152 valence electrons. The third-order valence-electron chi connectivity index (χ3n) is 4.47. The van der Waals surface area contributed by atoms with Crippen LogP contribution in [0.2, 0.25) is 0 Å². The summed E-state index contributed by atoms with van der Waals surface area (Å²) in [6.07, 6.45) is 0. The van der Waals surface area contributed by atoms with E-state index in [1.54, 1.807) is 50.1 Å². The van der Waals surface area contributed by atoms with Crippen LogP contribution in [0.3, 0.4) is 0 Å². The van der Waals surface area contributed by atoms with Crippen LogP contribution in [0.5, 0.6) is 5.75 Å². The maximum atomic E-state index is 12.9. The minimum absolute atomic E-state index is 0.241. The summed E-state index contributed by atoms with van der Waals surface area (Å²) in [7, 11) is 1.58. The lowest BCUT2D eigenvalue weighted by atomic mass is 9.92. The van der Waals surface area contributed by atoms with E-state index in [0.717, 1.165) is 16.2 Å². The summed E-state index contributed by atoms with van der Waals surface area (Å²) in [4.78, 5) is 26.4. The van der Waals surface area contributed by atoms with Crippen molar-refractivity contribution >= 4 is 29.5 Å². The molecular weight excluding hydrogens is 388 g/mol. The molecule has 0 saturated heterocycles. The van der Waals surface area contributed by atoms with E-state index in [-0.39, 0.29) is 12.6 Å². The smallest absolute Gasteiger partial charge is 0.338 e. The molecule has 1 aliphatic rings. The van der Waals surface area contributed by atoms with Crippen LogP contribution in [0.25, 0.3) is 5.70 Å². The van der Waals surface area contributed by atoms with Crippen LogP contribution < -0.4 is 15.4 Å². The third-order valence-corrected chi connectivity index (χ3v) is 5.36. The second kappa shape index (κ2) is 9.52. The maximum Gasteiger partial charge on any atom is 0.338 e. The number of ether oxygens (including phenoxy) is 2. The van der Waals surface area contributed by atoms with E-state index >= 15 is 0 Å². The molecule has 0 aliphatic carbocycles. The van der Waals surface area contributed by atoms with Gasteiger partial charge in [0.2, 0.25) is 0 Å². The topological polar surface area (TPSA) is 76.7 Å². The van der Waals surface area contributed by atoms with Crippen molar-refractivity contribution in [2.75, 3.05) is 19.5 Å². The summed E-state index contributed by atoms with van der Waals surface area (Å²) in [5.74, 6) is 1.19. The molecule has 2 aromatic carbocycles. The fourth-order valence-corrected chi connectivity index (χ4v) is 3.81. The van der Waals surface area contributed by atoms with Gasteiger partial charge >= 0.3 is 12.0 Å². The number of hydrogen-bond donors (Lipinski definition) is 2. The van der Waals surface area contributed by atoms with Gasteiger partial charge in [0.25, 0.3) is 0 Å². The number of rotatable bonds is 7. The van der Waals surface area contributed by atoms with Gasteiger partial charge in [-0.05, 0) is 60.2 Å². The molecule has 1 unspecified atom stereocenters. The highest BCUT2D eigenvalue weighted by molar-refractivity contribution is 7.99. The molecule has 29 heavy (non-hydrogen) atoms. The van der Waals surface area contributed by atoms with Crippen molar-refractivity contribution in [1.29, 1.82) is 0 Å². The van der Waals surface area contributed by atoms with Crippen LogP contribution in [0.15, 0.2) is 59.0 Å². The van der Waals surface area contributed by atoms with Crippen molar-refractivity contribution < 1.29 is 19.1 Å². The van der Waals surface area contributed by atoms with Gasteiger partial charge in [-0.15, -0.1) is 11.8 Å². The van der Waals surface area contributed by atoms with Gasteiger partial charge < -0.3 is 20.1 Å². The quantitative estimate of drug-likeness (QED) is 0.528. The van der Waals surface area contributed by atoms with E-state index in [2.05, 4.69) is 17.6 Å². The second-order valence-corrected chi connectivity index (χ2v) is 7.61. The number of benzene rings is 2. The zero-order valence-electron chi connectivity index (χ0n) is 16.7. The largest absolute Gasteiger partial charge is 0.497 e. The molecule has 6 nitrogen and oxygen atoms in total. The average Bonchev–Trinajstić information content (AvgIpc) is 2.74. The summed E-state index contributed by atoms with van der Waals surface area (Å²) in [5.41, 5.74) is 2.32. The van der Waals surface area contributed by atoms with Crippen LogP contribution in [0.1, 0.15) is 31.0 Å². The van der Waals surface area contributed by atoms with E-state index in [0.29, 0.717) is 22.6 Å². The highest BCUT2D eigenvalue weighted by Gasteiger charge is 2.34. The Balaban J connectivity index is 2.09. The minimum atomic E-state index is -0.611. The van der Waals surface area contributed by atoms with Crippen molar-refractivity contribution in [3.63, 3.8) is 0 Å². The predicted octanol–water partition coefficient (Wildman–Crippen LogP) is 4.14. The lowest BCUT2D eigenvalue weighted by Crippen LogP contribution is -2.45. The van der Waals surface area contributed by atoms with Gasteiger partial charge in [0.05, 0.1) is 31.0 Å². The second-order valence-electron chi connectivity index (χ2n) is 6.27. The molecule has 0 bridgehead atoms. The highest BCUT2D eigenvalue weighted by Crippen LogP contribution is 2.33. The summed E-state index contributed by atoms with van der Waals surface area (Å²) in [6.45, 7) is 4.09. The molecule has 3 rings (SSSR count). The van der Waals surface area contributed by atoms with E-state index in [1.807, 2.05) is 24.3 Å². The molecule has 0 spiro atoms. The van der Waals surface area contributed by atoms with Crippen LogP contribution in [-0.2, 0) is 9.53 Å². The number of nitrogens with one attached hydrogen (secondary N) is 2. The van der Waals surface area contributed by atoms with E-state index < -0.39 is 12.0 Å². The molecule has 0 radical (unpaired) electrons. The van der Waals surface area contributed by atoms with Crippen LogP contribution >= 0.6 is 11.8 Å². The molecule has 1 atom stereocenters. The first kappa shape index (κ1) is 20.8. The van der Waals surface area contributed by atoms with Crippen molar-refractivity contribution in [2.24, 2.45) is 0 Å². The van der Waals surface area contributed by atoms with Gasteiger partial charge in [-0.3, -0.25) is 0 Å².